The summed E-state index contributed by atoms with van der Waals surface area (Å²) in [6.45, 7) is 3.83. The molecule has 0 unspecified atom stereocenters. The lowest BCUT2D eigenvalue weighted by molar-refractivity contribution is -0.895. The number of amides is 3. The number of likely N-dealkylation sites (tertiary alicyclic amines) is 1. The first-order valence-corrected chi connectivity index (χ1v) is 16.1. The molecule has 5 heterocycles. The van der Waals surface area contributed by atoms with Gasteiger partial charge < -0.3 is 29.9 Å². The lowest BCUT2D eigenvalue weighted by atomic mass is 9.94. The number of carbonyl (C=O) groups is 3. The summed E-state index contributed by atoms with van der Waals surface area (Å²) in [4.78, 5) is 51.8. The van der Waals surface area contributed by atoms with Gasteiger partial charge in [0, 0.05) is 63.9 Å². The zero-order chi connectivity index (χ0) is 34.2. The fourth-order valence-electron chi connectivity index (χ4n) is 6.19. The molecule has 3 N–H and O–H groups in total. The van der Waals surface area contributed by atoms with E-state index in [-0.39, 0.29) is 34.3 Å². The van der Waals surface area contributed by atoms with Crippen LogP contribution in [0.3, 0.4) is 0 Å². The number of nitrogens with one attached hydrogen (secondary N) is 1. The summed E-state index contributed by atoms with van der Waals surface area (Å²) in [5, 5.41) is 17.0. The van der Waals surface area contributed by atoms with Crippen LogP contribution in [0.4, 0.5) is 11.4 Å². The van der Waals surface area contributed by atoms with E-state index in [1.54, 1.807) is 47.0 Å². The number of quaternary nitrogens is 1. The van der Waals surface area contributed by atoms with Crippen molar-refractivity contribution in [1.82, 2.24) is 34.1 Å². The molecule has 0 atom stereocenters. The number of benzene rings is 1. The van der Waals surface area contributed by atoms with Crippen LogP contribution in [-0.2, 0) is 11.8 Å². The lowest BCUT2D eigenvalue weighted by Crippen LogP contribution is -2.54. The van der Waals surface area contributed by atoms with Crippen molar-refractivity contribution in [2.24, 2.45) is 13.0 Å². The number of nitrogen functional groups attached to an aromatic ring is 1. The van der Waals surface area contributed by atoms with E-state index in [2.05, 4.69) is 40.5 Å². The van der Waals surface area contributed by atoms with Gasteiger partial charge >= 0.3 is 0 Å². The molecule has 15 heteroatoms. The Kier molecular flexibility index (Phi) is 8.91. The number of nitrogens with two attached hydrogens (primary N) is 1. The van der Waals surface area contributed by atoms with Crippen molar-refractivity contribution in [3.8, 4) is 23.1 Å². The van der Waals surface area contributed by atoms with Gasteiger partial charge in [0.15, 0.2) is 17.3 Å². The Balaban J connectivity index is 1.09. The topological polar surface area (TPSA) is 168 Å². The third-order valence-corrected chi connectivity index (χ3v) is 9.46. The molecule has 4 aromatic rings. The molecule has 2 aliphatic rings. The zero-order valence-electron chi connectivity index (χ0n) is 27.1. The van der Waals surface area contributed by atoms with Crippen LogP contribution in [0.2, 0.25) is 5.02 Å². The van der Waals surface area contributed by atoms with Crippen LogP contribution in [0.25, 0.3) is 17.1 Å². The van der Waals surface area contributed by atoms with E-state index >= 15 is 0 Å². The van der Waals surface area contributed by atoms with Crippen molar-refractivity contribution in [2.45, 2.75) is 12.8 Å². The molecular formula is C33H37ClN11O3+. The second-order valence-electron chi connectivity index (χ2n) is 12.8. The van der Waals surface area contributed by atoms with Gasteiger partial charge in [0.1, 0.15) is 6.07 Å². The number of pyridine rings is 1. The number of hydrogen-bond donors (Lipinski definition) is 2. The average Bonchev–Trinajstić information content (AvgIpc) is 3.68. The number of carbonyl (C=O) groups excluding carboxylic acids is 3. The molecule has 0 bridgehead atoms. The van der Waals surface area contributed by atoms with Crippen molar-refractivity contribution >= 4 is 40.7 Å². The first-order valence-electron chi connectivity index (χ1n) is 15.7. The molecular weight excluding hydrogens is 634 g/mol. The number of piperazine rings is 1. The van der Waals surface area contributed by atoms with Gasteiger partial charge in [-0.3, -0.25) is 14.4 Å². The Labute approximate surface area is 282 Å². The standard InChI is InChI=1S/C33H36ClN11O3/c1-41-28(25-20-44(40-27(25)17-35)29-7-4-22(36)18-37-29)19-38-30(41)31(46)39-23-5-6-24(26(34)16-23)33(48)43-12-10-42(11-13-43)32(47)21-8-14-45(2,3)15-9-21/h4-7,16,18-21H,8-15,36H2,1-3H3/p+1. The van der Waals surface area contributed by atoms with Gasteiger partial charge in [-0.25, -0.2) is 14.6 Å². The van der Waals surface area contributed by atoms with E-state index < -0.39 is 5.91 Å². The van der Waals surface area contributed by atoms with E-state index in [4.69, 9.17) is 17.3 Å². The molecule has 248 valence electrons. The number of anilines is 2. The van der Waals surface area contributed by atoms with Gasteiger partial charge in [0.05, 0.1) is 67.1 Å². The first-order chi connectivity index (χ1) is 22.9. The number of rotatable bonds is 6. The third kappa shape index (κ3) is 6.60. The maximum atomic E-state index is 13.4. The summed E-state index contributed by atoms with van der Waals surface area (Å²) < 4.78 is 3.97. The third-order valence-electron chi connectivity index (χ3n) is 9.14. The number of aromatic nitrogens is 5. The minimum absolute atomic E-state index is 0.0554. The first kappa shape index (κ1) is 32.7. The Bertz CT molecular complexity index is 1910. The second-order valence-corrected chi connectivity index (χ2v) is 13.3. The van der Waals surface area contributed by atoms with Crippen LogP contribution in [0.1, 0.15) is 39.5 Å². The van der Waals surface area contributed by atoms with E-state index in [9.17, 15) is 19.6 Å². The van der Waals surface area contributed by atoms with Gasteiger partial charge in [-0.05, 0) is 30.3 Å². The smallest absolute Gasteiger partial charge is 0.291 e. The van der Waals surface area contributed by atoms with Crippen molar-refractivity contribution < 1.29 is 18.9 Å². The highest BCUT2D eigenvalue weighted by Gasteiger charge is 2.35. The van der Waals surface area contributed by atoms with Crippen molar-refractivity contribution in [3.05, 3.63) is 71.0 Å². The Morgan fingerprint density at radius 2 is 1.73 bits per heavy atom. The summed E-state index contributed by atoms with van der Waals surface area (Å²) in [5.74, 6) is 0.0777. The normalized spacial score (nSPS) is 16.4. The van der Waals surface area contributed by atoms with E-state index in [1.807, 2.05) is 4.90 Å². The lowest BCUT2D eigenvalue weighted by Gasteiger charge is -2.40. The highest BCUT2D eigenvalue weighted by atomic mass is 35.5. The Morgan fingerprint density at radius 3 is 2.38 bits per heavy atom. The minimum atomic E-state index is -0.508. The molecule has 1 aromatic carbocycles. The Hall–Kier alpha value is -5.26. The summed E-state index contributed by atoms with van der Waals surface area (Å²) in [7, 11) is 6.05. The predicted molar refractivity (Wildman–Crippen MR) is 179 cm³/mol. The van der Waals surface area contributed by atoms with Crippen LogP contribution < -0.4 is 11.1 Å². The van der Waals surface area contributed by atoms with Crippen molar-refractivity contribution in [3.63, 3.8) is 0 Å². The van der Waals surface area contributed by atoms with Crippen molar-refractivity contribution in [2.75, 3.05) is 64.4 Å². The highest BCUT2D eigenvalue weighted by molar-refractivity contribution is 6.34. The molecule has 0 saturated carbocycles. The Morgan fingerprint density at radius 1 is 1.02 bits per heavy atom. The molecule has 0 spiro atoms. The van der Waals surface area contributed by atoms with Crippen molar-refractivity contribution in [1.29, 1.82) is 5.26 Å². The van der Waals surface area contributed by atoms with E-state index in [0.29, 0.717) is 60.2 Å². The maximum absolute atomic E-state index is 13.4. The number of nitriles is 1. The molecule has 0 aliphatic carbocycles. The predicted octanol–water partition coefficient (Wildman–Crippen LogP) is 2.80. The maximum Gasteiger partial charge on any atom is 0.291 e. The molecule has 2 fully saturated rings. The molecule has 0 radical (unpaired) electrons. The van der Waals surface area contributed by atoms with E-state index in [1.165, 1.54) is 23.1 Å². The summed E-state index contributed by atoms with van der Waals surface area (Å²) in [6, 6.07) is 10.2. The average molecular weight is 671 g/mol. The number of piperidine rings is 1. The van der Waals surface area contributed by atoms with E-state index in [0.717, 1.165) is 30.4 Å². The van der Waals surface area contributed by atoms with Crippen LogP contribution in [0.5, 0.6) is 0 Å². The zero-order valence-corrected chi connectivity index (χ0v) is 27.8. The molecule has 2 aliphatic heterocycles. The highest BCUT2D eigenvalue weighted by Crippen LogP contribution is 2.27. The molecule has 3 aromatic heterocycles. The summed E-state index contributed by atoms with van der Waals surface area (Å²) >= 11 is 6.55. The van der Waals surface area contributed by atoms with Crippen LogP contribution in [0, 0.1) is 17.2 Å². The largest absolute Gasteiger partial charge is 0.397 e. The van der Waals surface area contributed by atoms with Gasteiger partial charge in [0.25, 0.3) is 11.8 Å². The molecule has 48 heavy (non-hydrogen) atoms. The number of halogens is 1. The monoisotopic (exact) mass is 670 g/mol. The summed E-state index contributed by atoms with van der Waals surface area (Å²) in [6.07, 6.45) is 6.40. The van der Waals surface area contributed by atoms with Gasteiger partial charge in [-0.15, -0.1) is 0 Å². The van der Waals surface area contributed by atoms with Gasteiger partial charge in [-0.1, -0.05) is 11.6 Å². The quantitative estimate of drug-likeness (QED) is 0.295. The SMILES string of the molecule is Cn1c(-c2cn(-c3ccc(N)cn3)nc2C#N)cnc1C(=O)Nc1ccc(C(=O)N2CCN(C(=O)C3CC[N+](C)(C)CC3)CC2)c(Cl)c1. The van der Waals surface area contributed by atoms with Gasteiger partial charge in [0.2, 0.25) is 5.91 Å². The molecule has 14 nitrogen and oxygen atoms in total. The molecule has 3 amide bonds. The summed E-state index contributed by atoms with van der Waals surface area (Å²) in [5.41, 5.74) is 8.04. The van der Waals surface area contributed by atoms with Crippen LogP contribution >= 0.6 is 11.6 Å². The van der Waals surface area contributed by atoms with Gasteiger partial charge in [-0.2, -0.15) is 10.4 Å². The van der Waals surface area contributed by atoms with Crippen LogP contribution in [-0.4, -0.2) is 110 Å². The fourth-order valence-corrected chi connectivity index (χ4v) is 6.45. The fraction of sp³-hybridized carbons (Fsp3) is 0.364. The molecule has 2 saturated heterocycles. The molecule has 6 rings (SSSR count). The minimum Gasteiger partial charge on any atom is -0.397 e. The number of hydrogen-bond acceptors (Lipinski definition) is 8. The second kappa shape index (κ2) is 13.1. The van der Waals surface area contributed by atoms with Crippen LogP contribution in [0.15, 0.2) is 48.9 Å². The number of nitrogens with zero attached hydrogens (tertiary/aromatic N) is 9. The number of imidazole rings is 1.